The van der Waals surface area contributed by atoms with Gasteiger partial charge in [-0.05, 0) is 17.2 Å². The average molecular weight is 400 g/mol. The van der Waals surface area contributed by atoms with Crippen LogP contribution in [0, 0.1) is 11.3 Å². The third-order valence-electron chi connectivity index (χ3n) is 4.23. The number of allylic oxidation sites excluding steroid dienone is 2. The Bertz CT molecular complexity index is 928. The largest absolute Gasteiger partial charge is 0.481 e. The molecule has 148 valence electrons. The van der Waals surface area contributed by atoms with Crippen LogP contribution in [-0.4, -0.2) is 44.3 Å². The van der Waals surface area contributed by atoms with E-state index in [2.05, 4.69) is 0 Å². The van der Waals surface area contributed by atoms with Crippen molar-refractivity contribution in [2.45, 2.75) is 6.18 Å². The predicted molar refractivity (Wildman–Crippen MR) is 84.4 cm³/mol. The van der Waals surface area contributed by atoms with Gasteiger partial charge in [-0.25, -0.2) is 4.79 Å². The van der Waals surface area contributed by atoms with Gasteiger partial charge in [0.15, 0.2) is 5.41 Å². The van der Waals surface area contributed by atoms with Gasteiger partial charge in [0.25, 0.3) is 0 Å². The van der Waals surface area contributed by atoms with Crippen LogP contribution in [0.1, 0.15) is 21.5 Å². The third kappa shape index (κ3) is 3.21. The van der Waals surface area contributed by atoms with Crippen LogP contribution in [0.15, 0.2) is 36.4 Å². The Balaban J connectivity index is 2.79. The summed E-state index contributed by atoms with van der Waals surface area (Å²) in [5.41, 5.74) is -6.79. The highest BCUT2D eigenvalue weighted by atomic mass is 19.4. The van der Waals surface area contributed by atoms with Crippen LogP contribution in [0.25, 0.3) is 5.57 Å². The van der Waals surface area contributed by atoms with Crippen molar-refractivity contribution in [1.29, 1.82) is 0 Å². The number of halogens is 3. The van der Waals surface area contributed by atoms with Crippen LogP contribution in [0.2, 0.25) is 0 Å². The van der Waals surface area contributed by atoms with E-state index in [-0.39, 0.29) is 0 Å². The Morgan fingerprint density at radius 3 is 1.96 bits per heavy atom. The Kier molecular flexibility index (Phi) is 5.05. The SMILES string of the molecule is O=C(O)c1cccc(C2=CC(C(=O)O)C(C(=O)O)(C(=O)O)C=C2)c1C(F)(F)F. The molecule has 0 amide bonds. The number of hydrogen-bond donors (Lipinski definition) is 4. The molecule has 0 fully saturated rings. The van der Waals surface area contributed by atoms with E-state index in [1.54, 1.807) is 0 Å². The number of aromatic carboxylic acids is 1. The molecule has 1 aliphatic carbocycles. The van der Waals surface area contributed by atoms with Crippen LogP contribution in [0.3, 0.4) is 0 Å². The van der Waals surface area contributed by atoms with Crippen molar-refractivity contribution in [2.75, 3.05) is 0 Å². The molecule has 1 aromatic rings. The molecular formula is C17H11F3O8. The molecule has 0 bridgehead atoms. The quantitative estimate of drug-likeness (QED) is 0.550. The average Bonchev–Trinajstić information content (AvgIpc) is 2.59. The van der Waals surface area contributed by atoms with E-state index in [4.69, 9.17) is 5.11 Å². The number of carboxylic acids is 4. The first-order valence-corrected chi connectivity index (χ1v) is 7.38. The van der Waals surface area contributed by atoms with E-state index in [0.717, 1.165) is 18.2 Å². The number of aliphatic carboxylic acids is 3. The van der Waals surface area contributed by atoms with Crippen LogP contribution >= 0.6 is 0 Å². The van der Waals surface area contributed by atoms with Gasteiger partial charge in [-0.15, -0.1) is 0 Å². The fraction of sp³-hybridized carbons (Fsp3) is 0.176. The van der Waals surface area contributed by atoms with Gasteiger partial charge >= 0.3 is 30.1 Å². The summed E-state index contributed by atoms with van der Waals surface area (Å²) in [7, 11) is 0. The molecule has 0 aromatic heterocycles. The minimum Gasteiger partial charge on any atom is -0.481 e. The lowest BCUT2D eigenvalue weighted by Gasteiger charge is -2.30. The molecule has 1 unspecified atom stereocenters. The molecule has 1 aliphatic rings. The summed E-state index contributed by atoms with van der Waals surface area (Å²) in [6.45, 7) is 0. The van der Waals surface area contributed by atoms with Crippen LogP contribution in [-0.2, 0) is 20.6 Å². The topological polar surface area (TPSA) is 149 Å². The monoisotopic (exact) mass is 400 g/mol. The van der Waals surface area contributed by atoms with Crippen LogP contribution in [0.5, 0.6) is 0 Å². The van der Waals surface area contributed by atoms with Crippen molar-refractivity contribution in [3.63, 3.8) is 0 Å². The molecule has 1 aromatic carbocycles. The van der Waals surface area contributed by atoms with Gasteiger partial charge < -0.3 is 20.4 Å². The molecule has 0 saturated heterocycles. The fourth-order valence-corrected chi connectivity index (χ4v) is 2.91. The lowest BCUT2D eigenvalue weighted by atomic mass is 9.70. The van der Waals surface area contributed by atoms with Crippen LogP contribution < -0.4 is 0 Å². The van der Waals surface area contributed by atoms with E-state index >= 15 is 0 Å². The van der Waals surface area contributed by atoms with E-state index in [1.165, 1.54) is 0 Å². The summed E-state index contributed by atoms with van der Waals surface area (Å²) in [4.78, 5) is 45.6. The summed E-state index contributed by atoms with van der Waals surface area (Å²) < 4.78 is 40.4. The normalized spacial score (nSPS) is 18.2. The minimum absolute atomic E-state index is 0.471. The first-order chi connectivity index (χ1) is 12.8. The van der Waals surface area contributed by atoms with Crippen LogP contribution in [0.4, 0.5) is 13.2 Å². The summed E-state index contributed by atoms with van der Waals surface area (Å²) in [6, 6.07) is 2.57. The summed E-state index contributed by atoms with van der Waals surface area (Å²) in [5.74, 6) is -10.1. The molecule has 11 heteroatoms. The lowest BCUT2D eigenvalue weighted by molar-refractivity contribution is -0.169. The molecule has 0 aliphatic heterocycles. The standard InChI is InChI=1S/C17H11F3O8/c18-17(19,20)11-8(2-1-3-9(11)12(21)22)7-4-5-16(14(25)26,15(27)28)10(6-7)13(23)24/h1-6,10H,(H,21,22)(H,23,24)(H,25,26)(H,27,28). The lowest BCUT2D eigenvalue weighted by Crippen LogP contribution is -2.47. The number of carbonyl (C=O) groups is 4. The summed E-state index contributed by atoms with van der Waals surface area (Å²) >= 11 is 0. The summed E-state index contributed by atoms with van der Waals surface area (Å²) in [6.07, 6.45) is -3.39. The molecule has 0 radical (unpaired) electrons. The highest BCUT2D eigenvalue weighted by Gasteiger charge is 2.55. The highest BCUT2D eigenvalue weighted by molar-refractivity contribution is 6.07. The highest BCUT2D eigenvalue weighted by Crippen LogP contribution is 2.43. The van der Waals surface area contributed by atoms with Gasteiger partial charge in [-0.1, -0.05) is 30.4 Å². The third-order valence-corrected chi connectivity index (χ3v) is 4.23. The molecular weight excluding hydrogens is 389 g/mol. The van der Waals surface area contributed by atoms with Crippen molar-refractivity contribution < 1.29 is 52.8 Å². The maximum atomic E-state index is 13.5. The first kappa shape index (κ1) is 20.7. The number of rotatable bonds is 5. The zero-order valence-corrected chi connectivity index (χ0v) is 13.6. The maximum absolute atomic E-state index is 13.5. The van der Waals surface area contributed by atoms with Crippen molar-refractivity contribution in [2.24, 2.45) is 11.3 Å². The van der Waals surface area contributed by atoms with Gasteiger partial charge in [-0.2, -0.15) is 13.2 Å². The Morgan fingerprint density at radius 1 is 0.964 bits per heavy atom. The van der Waals surface area contributed by atoms with Crippen molar-refractivity contribution >= 4 is 29.5 Å². The second kappa shape index (κ2) is 6.83. The smallest absolute Gasteiger partial charge is 0.417 e. The molecule has 1 atom stereocenters. The van der Waals surface area contributed by atoms with Gasteiger partial charge in [-0.3, -0.25) is 14.4 Å². The zero-order chi connectivity index (χ0) is 21.4. The Morgan fingerprint density at radius 2 is 1.54 bits per heavy atom. The molecule has 8 nitrogen and oxygen atoms in total. The molecule has 2 rings (SSSR count). The zero-order valence-electron chi connectivity index (χ0n) is 13.6. The molecule has 0 heterocycles. The van der Waals surface area contributed by atoms with Gasteiger partial charge in [0.1, 0.15) is 5.92 Å². The number of carboxylic acid groups (broad SMARTS) is 4. The van der Waals surface area contributed by atoms with Gasteiger partial charge in [0.2, 0.25) is 0 Å². The number of hydrogen-bond acceptors (Lipinski definition) is 4. The predicted octanol–water partition coefficient (Wildman–Crippen LogP) is 2.21. The van der Waals surface area contributed by atoms with E-state index < -0.39 is 63.6 Å². The Labute approximate surface area is 153 Å². The molecule has 28 heavy (non-hydrogen) atoms. The second-order valence-electron chi connectivity index (χ2n) is 5.78. The van der Waals surface area contributed by atoms with E-state index in [1.807, 2.05) is 0 Å². The van der Waals surface area contributed by atoms with Crippen molar-refractivity contribution in [3.05, 3.63) is 53.1 Å². The number of alkyl halides is 3. The van der Waals surface area contributed by atoms with Crippen molar-refractivity contribution in [1.82, 2.24) is 0 Å². The minimum atomic E-state index is -5.13. The Hall–Kier alpha value is -3.63. The van der Waals surface area contributed by atoms with Gasteiger partial charge in [0, 0.05) is 0 Å². The molecule has 0 spiro atoms. The molecule has 0 saturated carbocycles. The molecule has 4 N–H and O–H groups in total. The first-order valence-electron chi connectivity index (χ1n) is 7.38. The second-order valence-corrected chi connectivity index (χ2v) is 5.78. The number of benzene rings is 1. The van der Waals surface area contributed by atoms with E-state index in [0.29, 0.717) is 18.2 Å². The summed E-state index contributed by atoms with van der Waals surface area (Å²) in [5, 5.41) is 36.8. The van der Waals surface area contributed by atoms with Crippen molar-refractivity contribution in [3.8, 4) is 0 Å². The maximum Gasteiger partial charge on any atom is 0.417 e. The van der Waals surface area contributed by atoms with Gasteiger partial charge in [0.05, 0.1) is 11.1 Å². The fourth-order valence-electron chi connectivity index (χ4n) is 2.91. The van der Waals surface area contributed by atoms with E-state index in [9.17, 15) is 47.7 Å².